The Morgan fingerprint density at radius 3 is 2.55 bits per heavy atom. The summed E-state index contributed by atoms with van der Waals surface area (Å²) in [5, 5.41) is 4.78. The molecule has 4 aromatic rings. The van der Waals surface area contributed by atoms with E-state index in [9.17, 15) is 18.0 Å². The number of thiazole rings is 1. The third-order valence-electron chi connectivity index (χ3n) is 6.03. The van der Waals surface area contributed by atoms with Gasteiger partial charge in [0.05, 0.1) is 16.3 Å². The molecule has 2 heterocycles. The first-order chi connectivity index (χ1) is 18.3. The highest BCUT2D eigenvalue weighted by Crippen LogP contribution is 2.30. The number of fused-ring (bicyclic) bond motifs is 1. The summed E-state index contributed by atoms with van der Waals surface area (Å²) in [5.74, 6) is -1.41. The fourth-order valence-electron chi connectivity index (χ4n) is 4.08. The first kappa shape index (κ1) is 26.1. The van der Waals surface area contributed by atoms with Gasteiger partial charge in [-0.25, -0.2) is 18.2 Å². The van der Waals surface area contributed by atoms with E-state index in [2.05, 4.69) is 10.3 Å². The van der Waals surface area contributed by atoms with Crippen molar-refractivity contribution in [3.8, 4) is 11.3 Å². The molecule has 1 amide bonds. The summed E-state index contributed by atoms with van der Waals surface area (Å²) in [5.41, 5.74) is 3.64. The van der Waals surface area contributed by atoms with Gasteiger partial charge in [0, 0.05) is 24.0 Å². The number of halogens is 1. The van der Waals surface area contributed by atoms with E-state index in [-0.39, 0.29) is 22.0 Å². The van der Waals surface area contributed by atoms with Gasteiger partial charge in [0.15, 0.2) is 11.7 Å². The molecule has 1 N–H and O–H groups in total. The Kier molecular flexibility index (Phi) is 7.57. The van der Waals surface area contributed by atoms with Gasteiger partial charge in [-0.1, -0.05) is 66.2 Å². The number of aromatic nitrogens is 1. The van der Waals surface area contributed by atoms with E-state index in [1.807, 2.05) is 60.0 Å². The number of anilines is 1. The fraction of sp³-hybridized carbons (Fsp3) is 0.148. The second-order valence-corrected chi connectivity index (χ2v) is 11.7. The van der Waals surface area contributed by atoms with E-state index in [1.54, 1.807) is 0 Å². The molecule has 0 aliphatic carbocycles. The maximum Gasteiger partial charge on any atom is 0.338 e. The number of sulfonamides is 1. The molecule has 38 heavy (non-hydrogen) atoms. The summed E-state index contributed by atoms with van der Waals surface area (Å²) in [6, 6.07) is 21.1. The lowest BCUT2D eigenvalue weighted by Gasteiger charge is -2.28. The van der Waals surface area contributed by atoms with Gasteiger partial charge in [0.1, 0.15) is 4.90 Å². The monoisotopic (exact) mass is 567 g/mol. The fourth-order valence-corrected chi connectivity index (χ4v) is 6.74. The quantitative estimate of drug-likeness (QED) is 0.315. The Labute approximate surface area is 228 Å². The number of carbonyl (C=O) groups excluding carboxylic acids is 2. The van der Waals surface area contributed by atoms with Gasteiger partial charge in [0.25, 0.3) is 5.91 Å². The molecule has 0 atom stereocenters. The zero-order chi connectivity index (χ0) is 26.7. The van der Waals surface area contributed by atoms with Crippen molar-refractivity contribution >= 4 is 50.0 Å². The predicted molar refractivity (Wildman–Crippen MR) is 146 cm³/mol. The van der Waals surface area contributed by atoms with Gasteiger partial charge in [0.2, 0.25) is 10.0 Å². The molecule has 1 aliphatic heterocycles. The summed E-state index contributed by atoms with van der Waals surface area (Å²) < 4.78 is 33.2. The van der Waals surface area contributed by atoms with Gasteiger partial charge < -0.3 is 4.74 Å². The van der Waals surface area contributed by atoms with Crippen LogP contribution in [0.3, 0.4) is 0 Å². The Balaban J connectivity index is 1.23. The summed E-state index contributed by atoms with van der Waals surface area (Å²) in [7, 11) is -3.98. The number of esters is 1. The van der Waals surface area contributed by atoms with E-state index >= 15 is 0 Å². The third-order valence-corrected chi connectivity index (χ3v) is 9.12. The van der Waals surface area contributed by atoms with Crippen LogP contribution in [0, 0.1) is 0 Å². The van der Waals surface area contributed by atoms with Gasteiger partial charge in [-0.15, -0.1) is 11.3 Å². The molecule has 0 bridgehead atoms. The van der Waals surface area contributed by atoms with Crippen molar-refractivity contribution < 1.29 is 22.7 Å². The largest absolute Gasteiger partial charge is 0.452 e. The molecule has 11 heteroatoms. The molecule has 0 saturated carbocycles. The average molecular weight is 568 g/mol. The number of hydrogen-bond donors (Lipinski definition) is 1. The second kappa shape index (κ2) is 11.0. The Morgan fingerprint density at radius 2 is 1.76 bits per heavy atom. The van der Waals surface area contributed by atoms with Crippen LogP contribution in [0.15, 0.2) is 83.1 Å². The van der Waals surface area contributed by atoms with E-state index in [4.69, 9.17) is 16.3 Å². The predicted octanol–water partition coefficient (Wildman–Crippen LogP) is 5.01. The second-order valence-electron chi connectivity index (χ2n) is 8.53. The van der Waals surface area contributed by atoms with E-state index in [0.717, 1.165) is 22.4 Å². The van der Waals surface area contributed by atoms with Crippen molar-refractivity contribution in [3.05, 3.63) is 99.9 Å². The Bertz CT molecular complexity index is 1610. The molecule has 194 valence electrons. The zero-order valence-corrected chi connectivity index (χ0v) is 22.4. The van der Waals surface area contributed by atoms with Crippen molar-refractivity contribution in [2.24, 2.45) is 0 Å². The van der Waals surface area contributed by atoms with Gasteiger partial charge in [-0.2, -0.15) is 4.31 Å². The highest BCUT2D eigenvalue weighted by Gasteiger charge is 2.30. The lowest BCUT2D eigenvalue weighted by molar-refractivity contribution is -0.119. The van der Waals surface area contributed by atoms with Crippen LogP contribution in [0.1, 0.15) is 21.5 Å². The number of amides is 1. The summed E-state index contributed by atoms with van der Waals surface area (Å²) in [4.78, 5) is 29.2. The van der Waals surface area contributed by atoms with Crippen LogP contribution in [-0.4, -0.2) is 42.7 Å². The summed E-state index contributed by atoms with van der Waals surface area (Å²) in [6.07, 6.45) is 0.579. The van der Waals surface area contributed by atoms with Crippen LogP contribution in [0.25, 0.3) is 11.3 Å². The minimum absolute atomic E-state index is 0.00357. The minimum atomic E-state index is -3.98. The Hall–Kier alpha value is -3.57. The number of nitrogens with zero attached hydrogens (tertiary/aromatic N) is 2. The molecule has 5 rings (SSSR count). The molecule has 1 aromatic heterocycles. The van der Waals surface area contributed by atoms with Crippen LogP contribution >= 0.6 is 22.9 Å². The van der Waals surface area contributed by atoms with E-state index in [0.29, 0.717) is 18.1 Å². The molecule has 0 fully saturated rings. The number of ether oxygens (including phenoxy) is 1. The maximum atomic E-state index is 13.4. The van der Waals surface area contributed by atoms with Crippen LogP contribution in [0.5, 0.6) is 0 Å². The first-order valence-electron chi connectivity index (χ1n) is 11.7. The van der Waals surface area contributed by atoms with Crippen molar-refractivity contribution in [3.63, 3.8) is 0 Å². The van der Waals surface area contributed by atoms with Crippen molar-refractivity contribution in [1.29, 1.82) is 0 Å². The highest BCUT2D eigenvalue weighted by atomic mass is 35.5. The molecule has 0 unspecified atom stereocenters. The highest BCUT2D eigenvalue weighted by molar-refractivity contribution is 7.89. The Morgan fingerprint density at radius 1 is 1.03 bits per heavy atom. The molecular formula is C27H22ClN3O5S2. The van der Waals surface area contributed by atoms with Crippen molar-refractivity contribution in [1.82, 2.24) is 9.29 Å². The SMILES string of the molecule is O=C(COC(=O)c1ccc(Cl)c(S(=O)(=O)N2CCc3ccccc3C2)c1)Nc1nc(-c2ccccc2)cs1. The smallest absolute Gasteiger partial charge is 0.338 e. The van der Waals surface area contributed by atoms with E-state index < -0.39 is 28.5 Å². The average Bonchev–Trinajstić information content (AvgIpc) is 3.40. The molecule has 0 radical (unpaired) electrons. The number of nitrogens with one attached hydrogen (secondary N) is 1. The third kappa shape index (κ3) is 5.63. The van der Waals surface area contributed by atoms with E-state index in [1.165, 1.54) is 33.8 Å². The van der Waals surface area contributed by atoms with Crippen molar-refractivity contribution in [2.45, 2.75) is 17.9 Å². The van der Waals surface area contributed by atoms with Gasteiger partial charge >= 0.3 is 5.97 Å². The van der Waals surface area contributed by atoms with Gasteiger partial charge in [-0.05, 0) is 35.7 Å². The number of rotatable bonds is 7. The lowest BCUT2D eigenvalue weighted by Crippen LogP contribution is -2.36. The molecule has 0 saturated heterocycles. The number of carbonyl (C=O) groups is 2. The number of benzene rings is 3. The molecular weight excluding hydrogens is 546 g/mol. The normalized spacial score (nSPS) is 13.5. The molecule has 0 spiro atoms. The topological polar surface area (TPSA) is 106 Å². The van der Waals surface area contributed by atoms with Crippen LogP contribution in [-0.2, 0) is 32.5 Å². The first-order valence-corrected chi connectivity index (χ1v) is 14.4. The molecule has 3 aromatic carbocycles. The molecule has 8 nitrogen and oxygen atoms in total. The van der Waals surface area contributed by atoms with Crippen LogP contribution in [0.4, 0.5) is 5.13 Å². The number of hydrogen-bond acceptors (Lipinski definition) is 7. The minimum Gasteiger partial charge on any atom is -0.452 e. The molecule has 1 aliphatic rings. The van der Waals surface area contributed by atoms with Gasteiger partial charge in [-0.3, -0.25) is 10.1 Å². The maximum absolute atomic E-state index is 13.4. The lowest BCUT2D eigenvalue weighted by atomic mass is 10.0. The zero-order valence-electron chi connectivity index (χ0n) is 20.0. The summed E-state index contributed by atoms with van der Waals surface area (Å²) >= 11 is 7.49. The van der Waals surface area contributed by atoms with Crippen molar-refractivity contribution in [2.75, 3.05) is 18.5 Å². The van der Waals surface area contributed by atoms with Crippen LogP contribution in [0.2, 0.25) is 5.02 Å². The van der Waals surface area contributed by atoms with Crippen LogP contribution < -0.4 is 5.32 Å². The summed E-state index contributed by atoms with van der Waals surface area (Å²) in [6.45, 7) is -0.0492. The standard InChI is InChI=1S/C27H22ClN3O5S2/c28-22-11-10-20(14-24(22)38(34,35)31-13-12-18-6-4-5-9-21(18)15-31)26(33)36-16-25(32)30-27-29-23(17-37-27)19-7-2-1-3-8-19/h1-11,14,17H,12-13,15-16H2,(H,29,30,32).